The Balaban J connectivity index is 1.69. The van der Waals surface area contributed by atoms with Gasteiger partial charge >= 0.3 is 5.97 Å². The van der Waals surface area contributed by atoms with Crippen molar-refractivity contribution in [2.45, 2.75) is 26.5 Å². The van der Waals surface area contributed by atoms with Gasteiger partial charge in [-0.05, 0) is 31.5 Å². The Morgan fingerprint density at radius 1 is 1.40 bits per heavy atom. The number of fused-ring (bicyclic) bond motifs is 1. The number of carbonyl (C=O) groups is 1. The molecule has 1 saturated heterocycles. The van der Waals surface area contributed by atoms with Crippen LogP contribution < -0.4 is 0 Å². The minimum absolute atomic E-state index is 0.114. The highest BCUT2D eigenvalue weighted by molar-refractivity contribution is 6.36. The third-order valence-corrected chi connectivity index (χ3v) is 3.75. The molecule has 3 heterocycles. The fourth-order valence-corrected chi connectivity index (χ4v) is 3.01. The molecule has 2 aliphatic rings. The van der Waals surface area contributed by atoms with Crippen LogP contribution in [0.15, 0.2) is 17.3 Å². The monoisotopic (exact) mass is 275 g/mol. The van der Waals surface area contributed by atoms with E-state index in [1.807, 2.05) is 13.8 Å². The number of carboxylic acid groups (broad SMARTS) is 1. The minimum Gasteiger partial charge on any atom is -0.477 e. The molecular formula is C14H17N3O3. The summed E-state index contributed by atoms with van der Waals surface area (Å²) in [5, 5.41) is 12.7. The molecule has 2 atom stereocenters. The van der Waals surface area contributed by atoms with E-state index >= 15 is 0 Å². The van der Waals surface area contributed by atoms with Gasteiger partial charge in [-0.2, -0.15) is 0 Å². The molecule has 0 bridgehead atoms. The summed E-state index contributed by atoms with van der Waals surface area (Å²) in [5.41, 5.74) is 3.36. The van der Waals surface area contributed by atoms with Gasteiger partial charge < -0.3 is 9.94 Å². The molecular weight excluding hydrogens is 258 g/mol. The maximum absolute atomic E-state index is 11.1. The molecule has 0 aromatic carbocycles. The van der Waals surface area contributed by atoms with Crippen molar-refractivity contribution in [1.82, 2.24) is 9.88 Å². The SMILES string of the molecule is Cc1cc(CN2CC3ON=C(C(=O)O)C3C2)cc(C)n1. The lowest BCUT2D eigenvalue weighted by molar-refractivity contribution is -0.129. The fraction of sp³-hybridized carbons (Fsp3) is 0.500. The summed E-state index contributed by atoms with van der Waals surface area (Å²) >= 11 is 0. The zero-order valence-electron chi connectivity index (χ0n) is 11.5. The highest BCUT2D eigenvalue weighted by Crippen LogP contribution is 2.28. The number of rotatable bonds is 3. The third kappa shape index (κ3) is 2.38. The van der Waals surface area contributed by atoms with E-state index in [2.05, 4.69) is 27.2 Å². The largest absolute Gasteiger partial charge is 0.477 e. The summed E-state index contributed by atoms with van der Waals surface area (Å²) in [4.78, 5) is 22.9. The lowest BCUT2D eigenvalue weighted by atomic mass is 10.0. The van der Waals surface area contributed by atoms with Crippen LogP contribution in [0.2, 0.25) is 0 Å². The second-order valence-electron chi connectivity index (χ2n) is 5.48. The molecule has 0 radical (unpaired) electrons. The lowest BCUT2D eigenvalue weighted by Gasteiger charge is -2.16. The predicted octanol–water partition coefficient (Wildman–Crippen LogP) is 0.970. The van der Waals surface area contributed by atoms with Crippen LogP contribution in [0.25, 0.3) is 0 Å². The van der Waals surface area contributed by atoms with Gasteiger partial charge in [-0.25, -0.2) is 4.79 Å². The van der Waals surface area contributed by atoms with Crippen LogP contribution in [-0.4, -0.2) is 45.9 Å². The molecule has 1 aromatic heterocycles. The fourth-order valence-electron chi connectivity index (χ4n) is 3.01. The summed E-state index contributed by atoms with van der Waals surface area (Å²) < 4.78 is 0. The molecule has 0 amide bonds. The van der Waals surface area contributed by atoms with Gasteiger partial charge in [0.2, 0.25) is 0 Å². The lowest BCUT2D eigenvalue weighted by Crippen LogP contribution is -2.27. The number of pyridine rings is 1. The molecule has 20 heavy (non-hydrogen) atoms. The van der Waals surface area contributed by atoms with E-state index in [-0.39, 0.29) is 17.7 Å². The van der Waals surface area contributed by atoms with Crippen molar-refractivity contribution in [3.8, 4) is 0 Å². The molecule has 1 N–H and O–H groups in total. The summed E-state index contributed by atoms with van der Waals surface area (Å²) in [5.74, 6) is -1.09. The molecule has 2 aliphatic heterocycles. The molecule has 2 unspecified atom stereocenters. The molecule has 3 rings (SSSR count). The first kappa shape index (κ1) is 13.1. The molecule has 0 aliphatic carbocycles. The Hall–Kier alpha value is -1.95. The average Bonchev–Trinajstić information content (AvgIpc) is 2.85. The second kappa shape index (κ2) is 4.86. The Morgan fingerprint density at radius 2 is 2.10 bits per heavy atom. The van der Waals surface area contributed by atoms with Crippen LogP contribution in [0, 0.1) is 19.8 Å². The highest BCUT2D eigenvalue weighted by Gasteiger charge is 2.44. The van der Waals surface area contributed by atoms with Crippen LogP contribution in [0.3, 0.4) is 0 Å². The van der Waals surface area contributed by atoms with Crippen molar-refractivity contribution >= 4 is 11.7 Å². The first-order valence-corrected chi connectivity index (χ1v) is 6.66. The van der Waals surface area contributed by atoms with Crippen molar-refractivity contribution in [2.24, 2.45) is 11.1 Å². The third-order valence-electron chi connectivity index (χ3n) is 3.75. The molecule has 1 aromatic rings. The van der Waals surface area contributed by atoms with E-state index in [9.17, 15) is 4.79 Å². The van der Waals surface area contributed by atoms with E-state index in [1.54, 1.807) is 0 Å². The van der Waals surface area contributed by atoms with Gasteiger partial charge in [-0.1, -0.05) is 5.16 Å². The maximum atomic E-state index is 11.1. The van der Waals surface area contributed by atoms with E-state index in [4.69, 9.17) is 9.94 Å². The van der Waals surface area contributed by atoms with Gasteiger partial charge in [0.05, 0.1) is 5.92 Å². The molecule has 1 fully saturated rings. The average molecular weight is 275 g/mol. The summed E-state index contributed by atoms with van der Waals surface area (Å²) in [6, 6.07) is 4.13. The van der Waals surface area contributed by atoms with Crippen molar-refractivity contribution < 1.29 is 14.7 Å². The van der Waals surface area contributed by atoms with Crippen molar-refractivity contribution in [1.29, 1.82) is 0 Å². The standard InChI is InChI=1S/C14H17N3O3/c1-8-3-10(4-9(2)15-8)5-17-6-11-12(7-17)20-16-13(11)14(18)19/h3-4,11-12H,5-7H2,1-2H3,(H,18,19). The van der Waals surface area contributed by atoms with E-state index in [1.165, 1.54) is 5.56 Å². The number of carboxylic acids is 1. The summed E-state index contributed by atoms with van der Waals surface area (Å²) in [6.07, 6.45) is -0.120. The van der Waals surface area contributed by atoms with E-state index in [0.717, 1.165) is 17.9 Å². The predicted molar refractivity (Wildman–Crippen MR) is 72.4 cm³/mol. The van der Waals surface area contributed by atoms with E-state index in [0.29, 0.717) is 13.1 Å². The van der Waals surface area contributed by atoms with Crippen molar-refractivity contribution in [2.75, 3.05) is 13.1 Å². The topological polar surface area (TPSA) is 75.0 Å². The maximum Gasteiger partial charge on any atom is 0.354 e. The van der Waals surface area contributed by atoms with Gasteiger partial charge in [0.25, 0.3) is 0 Å². The van der Waals surface area contributed by atoms with Crippen molar-refractivity contribution in [3.05, 3.63) is 29.1 Å². The van der Waals surface area contributed by atoms with Crippen LogP contribution in [0.5, 0.6) is 0 Å². The summed E-state index contributed by atoms with van der Waals surface area (Å²) in [7, 11) is 0. The number of nitrogens with zero attached hydrogens (tertiary/aromatic N) is 3. The minimum atomic E-state index is -0.977. The molecule has 0 spiro atoms. The smallest absolute Gasteiger partial charge is 0.354 e. The first-order chi connectivity index (χ1) is 9.52. The number of hydrogen-bond acceptors (Lipinski definition) is 5. The Kier molecular flexibility index (Phi) is 3.17. The number of oxime groups is 1. The molecule has 106 valence electrons. The molecule has 0 saturated carbocycles. The Bertz CT molecular complexity index is 565. The van der Waals surface area contributed by atoms with Gasteiger partial charge in [0, 0.05) is 31.0 Å². The number of aryl methyl sites for hydroxylation is 2. The van der Waals surface area contributed by atoms with E-state index < -0.39 is 5.97 Å². The van der Waals surface area contributed by atoms with Gasteiger partial charge in [0.1, 0.15) is 6.10 Å². The van der Waals surface area contributed by atoms with Gasteiger partial charge in [-0.15, -0.1) is 0 Å². The number of likely N-dealkylation sites (tertiary alicyclic amines) is 1. The number of aromatic nitrogens is 1. The number of hydrogen-bond donors (Lipinski definition) is 1. The number of aliphatic carboxylic acids is 1. The Morgan fingerprint density at radius 3 is 2.75 bits per heavy atom. The molecule has 6 nitrogen and oxygen atoms in total. The second-order valence-corrected chi connectivity index (χ2v) is 5.48. The van der Waals surface area contributed by atoms with Crippen LogP contribution in [0.4, 0.5) is 0 Å². The first-order valence-electron chi connectivity index (χ1n) is 6.66. The van der Waals surface area contributed by atoms with Crippen LogP contribution in [-0.2, 0) is 16.2 Å². The summed E-state index contributed by atoms with van der Waals surface area (Å²) in [6.45, 7) is 6.13. The normalized spacial score (nSPS) is 25.2. The van der Waals surface area contributed by atoms with Crippen LogP contribution >= 0.6 is 0 Å². The van der Waals surface area contributed by atoms with Crippen molar-refractivity contribution in [3.63, 3.8) is 0 Å². The quantitative estimate of drug-likeness (QED) is 0.889. The zero-order chi connectivity index (χ0) is 14.3. The Labute approximate surface area is 117 Å². The van der Waals surface area contributed by atoms with Gasteiger partial charge in [-0.3, -0.25) is 9.88 Å². The van der Waals surface area contributed by atoms with Gasteiger partial charge in [0.15, 0.2) is 5.71 Å². The molecule has 6 heteroatoms. The highest BCUT2D eigenvalue weighted by atomic mass is 16.6. The van der Waals surface area contributed by atoms with Crippen LogP contribution in [0.1, 0.15) is 17.0 Å². The zero-order valence-corrected chi connectivity index (χ0v) is 11.5.